The van der Waals surface area contributed by atoms with Crippen LogP contribution in [-0.4, -0.2) is 21.7 Å². The Morgan fingerprint density at radius 2 is 1.81 bits per heavy atom. The Bertz CT molecular complexity index is 455. The van der Waals surface area contributed by atoms with Gasteiger partial charge >= 0.3 is 0 Å². The predicted octanol–water partition coefficient (Wildman–Crippen LogP) is 2.34. The smallest absolute Gasteiger partial charge is 0.183 e. The number of rotatable bonds is 3. The van der Waals surface area contributed by atoms with Gasteiger partial charge in [0, 0.05) is 17.5 Å². The van der Waals surface area contributed by atoms with E-state index in [1.807, 2.05) is 0 Å². The molecule has 0 unspecified atom stereocenters. The van der Waals surface area contributed by atoms with E-state index in [0.717, 1.165) is 12.1 Å². The molecule has 0 atom stereocenters. The van der Waals surface area contributed by atoms with E-state index >= 15 is 0 Å². The van der Waals surface area contributed by atoms with Crippen molar-refractivity contribution >= 4 is 23.1 Å². The summed E-state index contributed by atoms with van der Waals surface area (Å²) in [4.78, 5) is 11.6. The van der Waals surface area contributed by atoms with Crippen molar-refractivity contribution in [3.05, 3.63) is 22.7 Å². The highest BCUT2D eigenvalue weighted by molar-refractivity contribution is 6.49. The SMILES string of the molecule is CC(C)C(=O)C(=N)c1cc(O)c(O)cc1Cl. The minimum absolute atomic E-state index is 0.0642. The van der Waals surface area contributed by atoms with Crippen molar-refractivity contribution < 1.29 is 15.0 Å². The molecule has 86 valence electrons. The fourth-order valence-corrected chi connectivity index (χ4v) is 1.42. The lowest BCUT2D eigenvalue weighted by molar-refractivity contribution is -0.115. The van der Waals surface area contributed by atoms with Crippen LogP contribution >= 0.6 is 11.6 Å². The van der Waals surface area contributed by atoms with E-state index in [0.29, 0.717) is 0 Å². The maximum absolute atomic E-state index is 11.6. The van der Waals surface area contributed by atoms with Crippen molar-refractivity contribution in [1.29, 1.82) is 5.41 Å². The standard InChI is InChI=1S/C11H12ClNO3/c1-5(2)11(16)10(13)6-3-8(14)9(15)4-7(6)12/h3-5,13-15H,1-2H3. The second kappa shape index (κ2) is 4.53. The molecule has 0 aliphatic carbocycles. The van der Waals surface area contributed by atoms with Crippen LogP contribution in [0, 0.1) is 11.3 Å². The molecule has 0 aromatic heterocycles. The van der Waals surface area contributed by atoms with Crippen molar-refractivity contribution in [1.82, 2.24) is 0 Å². The third kappa shape index (κ3) is 2.33. The minimum Gasteiger partial charge on any atom is -0.504 e. The number of ketones is 1. The molecule has 0 heterocycles. The number of carbonyl (C=O) groups is 1. The summed E-state index contributed by atoms with van der Waals surface area (Å²) in [5, 5.41) is 26.2. The molecule has 1 rings (SSSR count). The second-order valence-electron chi connectivity index (χ2n) is 3.71. The number of aromatic hydroxyl groups is 2. The third-order valence-electron chi connectivity index (χ3n) is 2.10. The Morgan fingerprint density at radius 1 is 1.31 bits per heavy atom. The van der Waals surface area contributed by atoms with Crippen molar-refractivity contribution in [3.63, 3.8) is 0 Å². The van der Waals surface area contributed by atoms with Gasteiger partial charge in [0.05, 0.1) is 5.02 Å². The van der Waals surface area contributed by atoms with Crippen LogP contribution in [0.3, 0.4) is 0 Å². The van der Waals surface area contributed by atoms with E-state index in [1.165, 1.54) is 0 Å². The highest BCUT2D eigenvalue weighted by Crippen LogP contribution is 2.31. The monoisotopic (exact) mass is 241 g/mol. The lowest BCUT2D eigenvalue weighted by Crippen LogP contribution is -2.20. The first-order valence-electron chi connectivity index (χ1n) is 4.69. The number of hydrogen-bond acceptors (Lipinski definition) is 4. The van der Waals surface area contributed by atoms with Crippen molar-refractivity contribution in [2.75, 3.05) is 0 Å². The molecule has 5 heteroatoms. The average Bonchev–Trinajstić information content (AvgIpc) is 2.21. The van der Waals surface area contributed by atoms with Gasteiger partial charge in [-0.25, -0.2) is 0 Å². The molecule has 0 amide bonds. The Hall–Kier alpha value is -1.55. The minimum atomic E-state index is -0.402. The Morgan fingerprint density at radius 3 is 2.31 bits per heavy atom. The summed E-state index contributed by atoms with van der Waals surface area (Å²) in [6.07, 6.45) is 0. The van der Waals surface area contributed by atoms with Gasteiger partial charge in [-0.2, -0.15) is 0 Å². The molecular formula is C11H12ClNO3. The van der Waals surface area contributed by atoms with Crippen molar-refractivity contribution in [2.45, 2.75) is 13.8 Å². The molecule has 0 saturated heterocycles. The number of carbonyl (C=O) groups excluding carboxylic acids is 1. The Balaban J connectivity index is 3.19. The van der Waals surface area contributed by atoms with Crippen molar-refractivity contribution in [3.8, 4) is 11.5 Å². The molecule has 0 fully saturated rings. The molecule has 0 aliphatic heterocycles. The molecule has 0 spiro atoms. The van der Waals surface area contributed by atoms with Crippen LogP contribution in [0.25, 0.3) is 0 Å². The average molecular weight is 242 g/mol. The van der Waals surface area contributed by atoms with Crippen LogP contribution in [0.2, 0.25) is 5.02 Å². The van der Waals surface area contributed by atoms with Crippen LogP contribution in [0.5, 0.6) is 11.5 Å². The first kappa shape index (κ1) is 12.5. The van der Waals surface area contributed by atoms with Gasteiger partial charge in [-0.1, -0.05) is 25.4 Å². The molecule has 0 aliphatic rings. The van der Waals surface area contributed by atoms with Crippen molar-refractivity contribution in [2.24, 2.45) is 5.92 Å². The second-order valence-corrected chi connectivity index (χ2v) is 4.12. The van der Waals surface area contributed by atoms with Gasteiger partial charge in [0.25, 0.3) is 0 Å². The molecule has 16 heavy (non-hydrogen) atoms. The topological polar surface area (TPSA) is 81.4 Å². The molecule has 1 aromatic rings. The maximum atomic E-state index is 11.6. The zero-order valence-electron chi connectivity index (χ0n) is 8.91. The number of phenolic OH excluding ortho intramolecular Hbond substituents is 2. The molecular weight excluding hydrogens is 230 g/mol. The number of hydrogen-bond donors (Lipinski definition) is 3. The van der Waals surface area contributed by atoms with Gasteiger partial charge in [0.15, 0.2) is 17.3 Å². The van der Waals surface area contributed by atoms with E-state index in [2.05, 4.69) is 0 Å². The highest BCUT2D eigenvalue weighted by atomic mass is 35.5. The molecule has 1 aromatic carbocycles. The number of halogens is 1. The molecule has 4 nitrogen and oxygen atoms in total. The predicted molar refractivity (Wildman–Crippen MR) is 61.5 cm³/mol. The number of benzene rings is 1. The van der Waals surface area contributed by atoms with Gasteiger partial charge in [0.2, 0.25) is 0 Å². The van der Waals surface area contributed by atoms with E-state index in [4.69, 9.17) is 22.1 Å². The Kier molecular flexibility index (Phi) is 3.55. The van der Waals surface area contributed by atoms with Crippen LogP contribution < -0.4 is 0 Å². The largest absolute Gasteiger partial charge is 0.504 e. The molecule has 0 radical (unpaired) electrons. The third-order valence-corrected chi connectivity index (χ3v) is 2.42. The number of Topliss-reactive ketones (excluding diaryl/α,β-unsaturated/α-hetero) is 1. The Labute approximate surface area is 98.0 Å². The summed E-state index contributed by atoms with van der Waals surface area (Å²) in [6.45, 7) is 3.34. The van der Waals surface area contributed by atoms with Gasteiger partial charge in [-0.15, -0.1) is 0 Å². The molecule has 0 bridgehead atoms. The lowest BCUT2D eigenvalue weighted by atomic mass is 9.98. The molecule has 3 N–H and O–H groups in total. The summed E-state index contributed by atoms with van der Waals surface area (Å²) < 4.78 is 0. The summed E-state index contributed by atoms with van der Waals surface area (Å²) in [6, 6.07) is 2.22. The van der Waals surface area contributed by atoms with E-state index in [-0.39, 0.29) is 33.7 Å². The fourth-order valence-electron chi connectivity index (χ4n) is 1.16. The normalized spacial score (nSPS) is 10.5. The zero-order valence-corrected chi connectivity index (χ0v) is 9.67. The summed E-state index contributed by atoms with van der Waals surface area (Å²) in [5.74, 6) is -1.47. The quantitative estimate of drug-likeness (QED) is 0.561. The summed E-state index contributed by atoms with van der Waals surface area (Å²) >= 11 is 5.78. The molecule has 0 saturated carbocycles. The summed E-state index contributed by atoms with van der Waals surface area (Å²) in [7, 11) is 0. The van der Waals surface area contributed by atoms with Crippen LogP contribution in [-0.2, 0) is 4.79 Å². The fraction of sp³-hybridized carbons (Fsp3) is 0.273. The van der Waals surface area contributed by atoms with Gasteiger partial charge in [-0.05, 0) is 6.07 Å². The van der Waals surface area contributed by atoms with Gasteiger partial charge in [0.1, 0.15) is 5.71 Å². The highest BCUT2D eigenvalue weighted by Gasteiger charge is 2.19. The van der Waals surface area contributed by atoms with Gasteiger partial charge in [-0.3, -0.25) is 10.2 Å². The first-order valence-corrected chi connectivity index (χ1v) is 5.07. The van der Waals surface area contributed by atoms with E-state index in [9.17, 15) is 9.90 Å². The van der Waals surface area contributed by atoms with E-state index < -0.39 is 5.75 Å². The van der Waals surface area contributed by atoms with E-state index in [1.54, 1.807) is 13.8 Å². The number of phenols is 2. The first-order chi connectivity index (χ1) is 7.34. The van der Waals surface area contributed by atoms with Gasteiger partial charge < -0.3 is 10.2 Å². The maximum Gasteiger partial charge on any atom is 0.183 e. The summed E-state index contributed by atoms with van der Waals surface area (Å²) in [5.41, 5.74) is -0.147. The van der Waals surface area contributed by atoms with Crippen LogP contribution in [0.1, 0.15) is 19.4 Å². The number of nitrogens with one attached hydrogen (secondary N) is 1. The lowest BCUT2D eigenvalue weighted by Gasteiger charge is -2.09. The van der Waals surface area contributed by atoms with Crippen LogP contribution in [0.4, 0.5) is 0 Å². The van der Waals surface area contributed by atoms with Crippen LogP contribution in [0.15, 0.2) is 12.1 Å². The zero-order chi connectivity index (χ0) is 12.5.